The minimum absolute atomic E-state index is 0.648. The monoisotopic (exact) mass is 594 g/mol. The van der Waals surface area contributed by atoms with Crippen LogP contribution < -0.4 is 10.4 Å². The zero-order valence-corrected chi connectivity index (χ0v) is 25.3. The minimum atomic E-state index is -1.80. The van der Waals surface area contributed by atoms with Crippen molar-refractivity contribution in [1.82, 2.24) is 0 Å². The second kappa shape index (κ2) is 21.1. The second-order valence-corrected chi connectivity index (χ2v) is 10.3. The van der Waals surface area contributed by atoms with Crippen LogP contribution in [0.25, 0.3) is 11.1 Å². The van der Waals surface area contributed by atoms with Gasteiger partial charge in [-0.3, -0.25) is 4.79 Å². The van der Waals surface area contributed by atoms with Gasteiger partial charge in [0, 0.05) is 88.4 Å². The average molecular weight is 595 g/mol. The van der Waals surface area contributed by atoms with Crippen LogP contribution in [0.4, 0.5) is 0 Å². The van der Waals surface area contributed by atoms with Crippen molar-refractivity contribution in [1.29, 1.82) is 0 Å². The van der Waals surface area contributed by atoms with Gasteiger partial charge in [0.2, 0.25) is 0 Å². The maximum Gasteiger partial charge on any atom is 0.186 e. The van der Waals surface area contributed by atoms with E-state index in [-0.39, 0.29) is 0 Å². The first-order valence-corrected chi connectivity index (χ1v) is 14.7. The Morgan fingerprint density at radius 2 is 0.787 bits per heavy atom. The lowest BCUT2D eigenvalue weighted by Crippen LogP contribution is -2.36. The number of fused-ring (bicyclic) bond motifs is 3. The van der Waals surface area contributed by atoms with Crippen LogP contribution in [-0.2, 0) is 0 Å². The van der Waals surface area contributed by atoms with Crippen molar-refractivity contribution in [2.75, 3.05) is 0 Å². The molecule has 0 saturated carbocycles. The molecule has 2 heteroatoms. The van der Waals surface area contributed by atoms with Crippen molar-refractivity contribution in [3.63, 3.8) is 0 Å². The molecule has 2 aromatic rings. The quantitative estimate of drug-likeness (QED) is 0.274. The van der Waals surface area contributed by atoms with E-state index >= 15 is 0 Å². The highest BCUT2D eigenvalue weighted by atomic mass is 28.3. The van der Waals surface area contributed by atoms with E-state index < -0.39 is 8.80 Å². The van der Waals surface area contributed by atoms with Crippen LogP contribution in [0.3, 0.4) is 0 Å². The number of carbonyl (C=O) groups excluding carboxylic acids is 1. The molecule has 0 amide bonds. The van der Waals surface area contributed by atoms with E-state index in [1.165, 1.54) is 10.8 Å². The Kier molecular flexibility index (Phi) is 14.7. The van der Waals surface area contributed by atoms with Crippen LogP contribution in [0.1, 0.15) is 10.4 Å². The molecule has 0 fully saturated rings. The molecule has 2 aromatic carbocycles. The van der Waals surface area contributed by atoms with E-state index in [9.17, 15) is 4.79 Å². The number of benzene rings is 2. The summed E-state index contributed by atoms with van der Waals surface area (Å²) in [5.41, 5.74) is 6.29. The van der Waals surface area contributed by atoms with Gasteiger partial charge in [-0.15, -0.1) is 12.0 Å². The highest BCUT2D eigenvalue weighted by Crippen LogP contribution is 2.22. The molecule has 0 N–H and O–H groups in total. The first kappa shape index (κ1) is 32.8. The molecule has 1 heterocycles. The number of hydrogen-bond donors (Lipinski definition) is 0. The fourth-order valence-corrected chi connectivity index (χ4v) is 6.09. The summed E-state index contributed by atoms with van der Waals surface area (Å²) in [6.07, 6.45) is 5.80. The van der Waals surface area contributed by atoms with E-state index in [1.807, 2.05) is 30.3 Å². The van der Waals surface area contributed by atoms with Gasteiger partial charge in [0.1, 0.15) is 6.29 Å². The van der Waals surface area contributed by atoms with Gasteiger partial charge in [0.05, 0.1) is 0 Å². The van der Waals surface area contributed by atoms with Crippen molar-refractivity contribution >= 4 is 25.5 Å². The Morgan fingerprint density at radius 3 is 1.19 bits per heavy atom. The summed E-state index contributed by atoms with van der Waals surface area (Å²) in [6, 6.07) is 14.0. The number of carbonyl (C=O) groups is 1. The standard InChI is InChI=1S/C45H10OSi/c1-2-3-4-5-6-7-8-9-10-11-12-13-14-15-16-17-18-19-20-21-22-23-24-25-26-27-28-29-30-33-38-47-44-35-32-31-34-42(44)43-37-36-41(40-46)39-45(43)47/h1,31-32,34-37,39-40,47H. The average Bonchev–Trinajstić information content (AvgIpc) is 3.41. The fourth-order valence-electron chi connectivity index (χ4n) is 3.44. The molecule has 0 aromatic heterocycles. The smallest absolute Gasteiger partial charge is 0.186 e. The van der Waals surface area contributed by atoms with E-state index in [2.05, 4.69) is 195 Å². The highest BCUT2D eigenvalue weighted by Gasteiger charge is 2.28. The van der Waals surface area contributed by atoms with E-state index in [1.54, 1.807) is 0 Å². The predicted octanol–water partition coefficient (Wildman–Crippen LogP) is 1.04. The van der Waals surface area contributed by atoms with Crippen molar-refractivity contribution in [2.24, 2.45) is 0 Å². The second-order valence-electron chi connectivity index (χ2n) is 7.90. The third-order valence-electron chi connectivity index (χ3n) is 5.12. The van der Waals surface area contributed by atoms with E-state index in [0.717, 1.165) is 17.0 Å². The summed E-state index contributed by atoms with van der Waals surface area (Å²) in [5, 5.41) is 2.37. The van der Waals surface area contributed by atoms with Crippen molar-refractivity contribution in [2.45, 2.75) is 0 Å². The Labute approximate surface area is 278 Å². The number of hydrogen-bond acceptors (Lipinski definition) is 1. The molecule has 0 aliphatic carbocycles. The molecule has 1 nitrogen and oxygen atoms in total. The van der Waals surface area contributed by atoms with Gasteiger partial charge in [0.25, 0.3) is 0 Å². The third kappa shape index (κ3) is 12.4. The molecule has 1 atom stereocenters. The lowest BCUT2D eigenvalue weighted by atomic mass is 10.0. The Bertz CT molecular complexity index is 2690. The first-order chi connectivity index (χ1) is 23.3. The molecule has 0 radical (unpaired) electrons. The normalized spacial score (nSPS) is 8.28. The van der Waals surface area contributed by atoms with E-state index in [0.29, 0.717) is 5.56 Å². The number of aldehydes is 1. The van der Waals surface area contributed by atoms with Crippen molar-refractivity contribution in [3.8, 4) is 201 Å². The molecule has 0 saturated heterocycles. The summed E-state index contributed by atoms with van der Waals surface area (Å²) < 4.78 is 0. The van der Waals surface area contributed by atoms with Crippen molar-refractivity contribution < 1.29 is 4.79 Å². The maximum atomic E-state index is 11.3. The molecule has 47 heavy (non-hydrogen) atoms. The molecule has 1 aliphatic heterocycles. The Hall–Kier alpha value is -8.71. The SMILES string of the molecule is C#CC#CC#CC#CC#CC#CC#CC#CC#CC#CC#CC#CC#CC#CC#CC#C[SiH]1c2ccccc2-c2ccc(C=O)cc21. The molecule has 3 rings (SSSR count). The number of terminal acetylenes is 1. The highest BCUT2D eigenvalue weighted by molar-refractivity contribution is 6.95. The summed E-state index contributed by atoms with van der Waals surface area (Å²) in [7, 11) is -1.80. The van der Waals surface area contributed by atoms with Gasteiger partial charge in [-0.25, -0.2) is 0 Å². The van der Waals surface area contributed by atoms with Crippen LogP contribution >= 0.6 is 0 Å². The molecule has 0 bridgehead atoms. The van der Waals surface area contributed by atoms with Gasteiger partial charge in [-0.1, -0.05) is 42.5 Å². The van der Waals surface area contributed by atoms with Gasteiger partial charge in [0.15, 0.2) is 8.80 Å². The van der Waals surface area contributed by atoms with Gasteiger partial charge >= 0.3 is 0 Å². The Balaban J connectivity index is 1.44. The number of rotatable bonds is 1. The minimum Gasteiger partial charge on any atom is -0.298 e. The lowest BCUT2D eigenvalue weighted by Gasteiger charge is -2.03. The van der Waals surface area contributed by atoms with Crippen LogP contribution in [-0.4, -0.2) is 15.1 Å². The van der Waals surface area contributed by atoms with Gasteiger partial charge in [-0.05, 0) is 116 Å². The zero-order chi connectivity index (χ0) is 33.0. The van der Waals surface area contributed by atoms with Crippen LogP contribution in [0.5, 0.6) is 0 Å². The molecular formula is C45H10OSi. The zero-order valence-electron chi connectivity index (χ0n) is 24.2. The molecule has 1 unspecified atom stereocenters. The van der Waals surface area contributed by atoms with Crippen LogP contribution in [0, 0.1) is 190 Å². The topological polar surface area (TPSA) is 17.1 Å². The summed E-state index contributed by atoms with van der Waals surface area (Å²) in [4.78, 5) is 11.3. The van der Waals surface area contributed by atoms with Crippen LogP contribution in [0.2, 0.25) is 0 Å². The molecule has 1 aliphatic rings. The summed E-state index contributed by atoms with van der Waals surface area (Å²) in [5.74, 6) is 75.7. The van der Waals surface area contributed by atoms with Crippen LogP contribution in [0.15, 0.2) is 42.5 Å². The largest absolute Gasteiger partial charge is 0.298 e. The predicted molar refractivity (Wildman–Crippen MR) is 189 cm³/mol. The van der Waals surface area contributed by atoms with Gasteiger partial charge < -0.3 is 0 Å². The molecule has 200 valence electrons. The van der Waals surface area contributed by atoms with Crippen molar-refractivity contribution in [3.05, 3.63) is 48.0 Å². The lowest BCUT2D eigenvalue weighted by molar-refractivity contribution is 0.112. The summed E-state index contributed by atoms with van der Waals surface area (Å²) in [6.45, 7) is 0. The fraction of sp³-hybridized carbons (Fsp3) is 0. The molecule has 0 spiro atoms. The third-order valence-corrected chi connectivity index (χ3v) is 7.78. The maximum absolute atomic E-state index is 11.3. The van der Waals surface area contributed by atoms with Gasteiger partial charge in [-0.2, -0.15) is 0 Å². The molecular weight excluding hydrogens is 585 g/mol. The summed E-state index contributed by atoms with van der Waals surface area (Å²) >= 11 is 0. The first-order valence-electron chi connectivity index (χ1n) is 13.0. The van der Waals surface area contributed by atoms with E-state index in [4.69, 9.17) is 6.42 Å². The Morgan fingerprint density at radius 1 is 0.426 bits per heavy atom.